The fourth-order valence-corrected chi connectivity index (χ4v) is 1.55. The molecule has 6 heteroatoms. The third kappa shape index (κ3) is 3.09. The van der Waals surface area contributed by atoms with Crippen LogP contribution in [0.15, 0.2) is 30.5 Å². The van der Waals surface area contributed by atoms with Gasteiger partial charge in [0.15, 0.2) is 11.4 Å². The summed E-state index contributed by atoms with van der Waals surface area (Å²) in [5, 5.41) is 9.16. The van der Waals surface area contributed by atoms with Gasteiger partial charge in [0.2, 0.25) is 0 Å². The molecule has 0 saturated heterocycles. The first-order valence-corrected chi connectivity index (χ1v) is 6.01. The zero-order valence-corrected chi connectivity index (χ0v) is 11.0. The van der Waals surface area contributed by atoms with Gasteiger partial charge in [-0.15, -0.1) is 0 Å². The molecule has 0 aliphatic carbocycles. The zero-order chi connectivity index (χ0) is 14.7. The van der Waals surface area contributed by atoms with Crippen molar-refractivity contribution in [1.82, 2.24) is 9.97 Å². The van der Waals surface area contributed by atoms with Gasteiger partial charge in [0, 0.05) is 12.0 Å². The van der Waals surface area contributed by atoms with Gasteiger partial charge in [-0.1, -0.05) is 19.9 Å². The van der Waals surface area contributed by atoms with Crippen LogP contribution in [-0.4, -0.2) is 21.0 Å². The summed E-state index contributed by atoms with van der Waals surface area (Å²) in [6, 6.07) is 5.41. The lowest BCUT2D eigenvalue weighted by atomic mass is 10.2. The second kappa shape index (κ2) is 5.64. The van der Waals surface area contributed by atoms with Crippen molar-refractivity contribution in [2.75, 3.05) is 0 Å². The van der Waals surface area contributed by atoms with Crippen LogP contribution in [0.4, 0.5) is 4.39 Å². The minimum atomic E-state index is -1.22. The van der Waals surface area contributed by atoms with Gasteiger partial charge in [0.05, 0.1) is 6.20 Å². The molecular formula is C14H13FN2O3. The smallest absolute Gasteiger partial charge is 0.358 e. The molecule has 1 N–H and O–H groups in total. The number of carboxylic acids is 1. The molecule has 0 radical (unpaired) electrons. The molecule has 0 saturated carbocycles. The maximum absolute atomic E-state index is 13.1. The number of carboxylic acid groups (broad SMARTS) is 1. The number of hydrogen-bond donors (Lipinski definition) is 1. The van der Waals surface area contributed by atoms with E-state index in [0.29, 0.717) is 5.82 Å². The van der Waals surface area contributed by atoms with Crippen molar-refractivity contribution < 1.29 is 19.0 Å². The Morgan fingerprint density at radius 1 is 1.40 bits per heavy atom. The SMILES string of the molecule is CC(C)c1ncc(Oc2cccc(F)c2)c(C(=O)O)n1. The lowest BCUT2D eigenvalue weighted by Crippen LogP contribution is -2.08. The Morgan fingerprint density at radius 3 is 2.75 bits per heavy atom. The van der Waals surface area contributed by atoms with Crippen molar-refractivity contribution in [3.05, 3.63) is 47.8 Å². The van der Waals surface area contributed by atoms with Crippen LogP contribution in [-0.2, 0) is 0 Å². The molecular weight excluding hydrogens is 263 g/mol. The maximum atomic E-state index is 13.1. The van der Waals surface area contributed by atoms with Crippen molar-refractivity contribution in [2.24, 2.45) is 0 Å². The lowest BCUT2D eigenvalue weighted by Gasteiger charge is -2.10. The summed E-state index contributed by atoms with van der Waals surface area (Å²) in [6.07, 6.45) is 1.29. The molecule has 0 aliphatic heterocycles. The van der Waals surface area contributed by atoms with Crippen LogP contribution in [0.25, 0.3) is 0 Å². The molecule has 0 bridgehead atoms. The second-order valence-corrected chi connectivity index (χ2v) is 4.46. The van der Waals surface area contributed by atoms with E-state index in [0.717, 1.165) is 6.07 Å². The van der Waals surface area contributed by atoms with Gasteiger partial charge in [-0.25, -0.2) is 19.2 Å². The van der Waals surface area contributed by atoms with Gasteiger partial charge < -0.3 is 9.84 Å². The van der Waals surface area contributed by atoms with Crippen LogP contribution >= 0.6 is 0 Å². The maximum Gasteiger partial charge on any atom is 0.358 e. The highest BCUT2D eigenvalue weighted by Gasteiger charge is 2.17. The summed E-state index contributed by atoms with van der Waals surface area (Å²) >= 11 is 0. The summed E-state index contributed by atoms with van der Waals surface area (Å²) in [4.78, 5) is 19.2. The molecule has 2 rings (SSSR count). The highest BCUT2D eigenvalue weighted by atomic mass is 19.1. The van der Waals surface area contributed by atoms with Gasteiger partial charge in [-0.05, 0) is 12.1 Å². The van der Waals surface area contributed by atoms with Crippen molar-refractivity contribution in [3.63, 3.8) is 0 Å². The number of carbonyl (C=O) groups is 1. The van der Waals surface area contributed by atoms with E-state index in [1.807, 2.05) is 13.8 Å². The Kier molecular flexibility index (Phi) is 3.93. The third-order valence-corrected chi connectivity index (χ3v) is 2.52. The van der Waals surface area contributed by atoms with Crippen LogP contribution in [0.2, 0.25) is 0 Å². The van der Waals surface area contributed by atoms with Crippen LogP contribution < -0.4 is 4.74 Å². The van der Waals surface area contributed by atoms with Gasteiger partial charge in [0.1, 0.15) is 17.4 Å². The standard InChI is InChI=1S/C14H13FN2O3/c1-8(2)13-16-7-11(12(17-13)14(18)19)20-10-5-3-4-9(15)6-10/h3-8H,1-2H3,(H,18,19). The van der Waals surface area contributed by atoms with Crippen molar-refractivity contribution in [2.45, 2.75) is 19.8 Å². The summed E-state index contributed by atoms with van der Waals surface area (Å²) in [7, 11) is 0. The molecule has 1 aromatic carbocycles. The van der Waals surface area contributed by atoms with Crippen molar-refractivity contribution >= 4 is 5.97 Å². The topological polar surface area (TPSA) is 72.3 Å². The van der Waals surface area contributed by atoms with E-state index in [1.54, 1.807) is 0 Å². The molecule has 0 spiro atoms. The molecule has 20 heavy (non-hydrogen) atoms. The van der Waals surface area contributed by atoms with Crippen molar-refractivity contribution in [3.8, 4) is 11.5 Å². The first-order chi connectivity index (χ1) is 9.47. The summed E-state index contributed by atoms with van der Waals surface area (Å²) in [6.45, 7) is 3.71. The molecule has 5 nitrogen and oxygen atoms in total. The van der Waals surface area contributed by atoms with Crippen molar-refractivity contribution in [1.29, 1.82) is 0 Å². The van der Waals surface area contributed by atoms with E-state index in [9.17, 15) is 9.18 Å². The van der Waals surface area contributed by atoms with E-state index in [-0.39, 0.29) is 23.1 Å². The number of aromatic nitrogens is 2. The van der Waals surface area contributed by atoms with Gasteiger partial charge in [-0.3, -0.25) is 0 Å². The highest BCUT2D eigenvalue weighted by Crippen LogP contribution is 2.25. The molecule has 1 heterocycles. The number of halogens is 1. The fraction of sp³-hybridized carbons (Fsp3) is 0.214. The molecule has 2 aromatic rings. The average Bonchev–Trinajstić information content (AvgIpc) is 2.38. The molecule has 0 unspecified atom stereocenters. The third-order valence-electron chi connectivity index (χ3n) is 2.52. The Bertz CT molecular complexity index is 644. The number of ether oxygens (including phenoxy) is 1. The Morgan fingerprint density at radius 2 is 2.15 bits per heavy atom. The fourth-order valence-electron chi connectivity index (χ4n) is 1.55. The summed E-state index contributed by atoms with van der Waals surface area (Å²) in [5.74, 6) is -1.12. The molecule has 0 aliphatic rings. The number of aromatic carboxylic acids is 1. The predicted molar refractivity (Wildman–Crippen MR) is 69.6 cm³/mol. The largest absolute Gasteiger partial charge is 0.476 e. The Balaban J connectivity index is 2.38. The van der Waals surface area contributed by atoms with E-state index in [1.165, 1.54) is 24.4 Å². The Labute approximate surface area is 115 Å². The first kappa shape index (κ1) is 13.9. The van der Waals surface area contributed by atoms with E-state index >= 15 is 0 Å². The molecule has 0 fully saturated rings. The quantitative estimate of drug-likeness (QED) is 0.928. The minimum absolute atomic E-state index is 0.00341. The number of rotatable bonds is 4. The minimum Gasteiger partial charge on any atom is -0.476 e. The normalized spacial score (nSPS) is 10.6. The molecule has 0 amide bonds. The van der Waals surface area contributed by atoms with Crippen LogP contribution in [0.5, 0.6) is 11.5 Å². The highest BCUT2D eigenvalue weighted by molar-refractivity contribution is 5.88. The average molecular weight is 276 g/mol. The summed E-state index contributed by atoms with van der Waals surface area (Å²) in [5.41, 5.74) is -0.243. The van der Waals surface area contributed by atoms with E-state index in [4.69, 9.17) is 9.84 Å². The van der Waals surface area contributed by atoms with E-state index in [2.05, 4.69) is 9.97 Å². The van der Waals surface area contributed by atoms with Crippen LogP contribution in [0.3, 0.4) is 0 Å². The van der Waals surface area contributed by atoms with Gasteiger partial charge >= 0.3 is 5.97 Å². The monoisotopic (exact) mass is 276 g/mol. The summed E-state index contributed by atoms with van der Waals surface area (Å²) < 4.78 is 18.4. The van der Waals surface area contributed by atoms with Gasteiger partial charge in [-0.2, -0.15) is 0 Å². The molecule has 104 valence electrons. The predicted octanol–water partition coefficient (Wildman–Crippen LogP) is 3.23. The molecule has 1 aromatic heterocycles. The number of hydrogen-bond acceptors (Lipinski definition) is 4. The zero-order valence-electron chi connectivity index (χ0n) is 11.0. The first-order valence-electron chi connectivity index (χ1n) is 6.01. The van der Waals surface area contributed by atoms with Crippen LogP contribution in [0, 0.1) is 5.82 Å². The Hall–Kier alpha value is -2.50. The number of nitrogens with zero attached hydrogens (tertiary/aromatic N) is 2. The molecule has 0 atom stereocenters. The lowest BCUT2D eigenvalue weighted by molar-refractivity contribution is 0.0686. The number of benzene rings is 1. The second-order valence-electron chi connectivity index (χ2n) is 4.46. The van der Waals surface area contributed by atoms with E-state index < -0.39 is 11.8 Å². The van der Waals surface area contributed by atoms with Crippen LogP contribution in [0.1, 0.15) is 36.1 Å². The van der Waals surface area contributed by atoms with Gasteiger partial charge in [0.25, 0.3) is 0 Å².